The second-order valence-electron chi connectivity index (χ2n) is 7.74. The molecule has 0 fully saturated rings. The van der Waals surface area contributed by atoms with Crippen molar-refractivity contribution in [2.45, 2.75) is 91.6 Å². The van der Waals surface area contributed by atoms with Gasteiger partial charge < -0.3 is 18.1 Å². The fourth-order valence-electron chi connectivity index (χ4n) is 2.63. The van der Waals surface area contributed by atoms with Crippen LogP contribution >= 0.6 is 15.2 Å². The highest BCUT2D eigenvalue weighted by atomic mass is 31.2. The largest absolute Gasteiger partial charge is 0.346 e. The number of hydrogen-bond donors (Lipinski definition) is 0. The van der Waals surface area contributed by atoms with Crippen LogP contribution in [0, 0.1) is 0 Å². The Morgan fingerprint density at radius 1 is 0.714 bits per heavy atom. The summed E-state index contributed by atoms with van der Waals surface area (Å²) in [5.74, 6) is 0. The molecule has 0 unspecified atom stereocenters. The molecule has 0 saturated carbocycles. The van der Waals surface area contributed by atoms with Crippen LogP contribution in [0.5, 0.6) is 0 Å². The Bertz CT molecular complexity index is 612. The van der Waals surface area contributed by atoms with Gasteiger partial charge in [0.25, 0.3) is 0 Å². The van der Waals surface area contributed by atoms with Crippen LogP contribution in [0.4, 0.5) is 0 Å². The number of aromatic nitrogens is 1. The van der Waals surface area contributed by atoms with E-state index in [-0.39, 0.29) is 6.42 Å². The molecule has 7 nitrogen and oxygen atoms in total. The van der Waals surface area contributed by atoms with Gasteiger partial charge in [-0.25, -0.2) is 0 Å². The molecule has 0 bridgehead atoms. The predicted octanol–water partition coefficient (Wildman–Crippen LogP) is 6.04. The maximum absolute atomic E-state index is 14.0. The van der Waals surface area contributed by atoms with Crippen molar-refractivity contribution in [3.8, 4) is 0 Å². The van der Waals surface area contributed by atoms with Gasteiger partial charge in [-0.2, -0.15) is 0 Å². The van der Waals surface area contributed by atoms with E-state index in [0.29, 0.717) is 0 Å². The van der Waals surface area contributed by atoms with Crippen LogP contribution in [0.3, 0.4) is 0 Å². The molecule has 28 heavy (non-hydrogen) atoms. The molecule has 0 aliphatic heterocycles. The monoisotopic (exact) mass is 435 g/mol. The number of pyridine rings is 1. The quantitative estimate of drug-likeness (QED) is 0.370. The van der Waals surface area contributed by atoms with Crippen molar-refractivity contribution in [1.29, 1.82) is 0 Å². The Morgan fingerprint density at radius 2 is 1.04 bits per heavy atom. The van der Waals surface area contributed by atoms with E-state index >= 15 is 0 Å². The minimum atomic E-state index is -3.87. The lowest BCUT2D eigenvalue weighted by atomic mass is 10.2. The van der Waals surface area contributed by atoms with Gasteiger partial charge in [0, 0.05) is 12.4 Å². The third-order valence-corrected chi connectivity index (χ3v) is 9.71. The highest BCUT2D eigenvalue weighted by Gasteiger charge is 2.52. The van der Waals surface area contributed by atoms with Crippen LogP contribution in [0.15, 0.2) is 24.5 Å². The van der Waals surface area contributed by atoms with Crippen LogP contribution in [0.1, 0.15) is 61.0 Å². The zero-order valence-electron chi connectivity index (χ0n) is 18.2. The van der Waals surface area contributed by atoms with E-state index in [1.807, 2.05) is 0 Å². The number of nitrogens with zero attached hydrogens (tertiary/aromatic N) is 1. The van der Waals surface area contributed by atoms with Gasteiger partial charge in [0.2, 0.25) is 0 Å². The summed E-state index contributed by atoms with van der Waals surface area (Å²) in [6.45, 7) is 14.1. The molecule has 0 radical (unpaired) electrons. The topological polar surface area (TPSA) is 84.0 Å². The van der Waals surface area contributed by atoms with Crippen LogP contribution < -0.4 is 0 Å². The second-order valence-corrected chi connectivity index (χ2v) is 12.4. The average molecular weight is 435 g/mol. The molecule has 0 amide bonds. The number of hydrogen-bond acceptors (Lipinski definition) is 7. The standard InChI is InChI=1S/C19H35NO6P2/c1-14(2)23-27(21,24-15(3)4)19(13-18-9-11-20-12-10-18)28(22,25-16(5)6)26-17(7)8/h9-12,14-17,19H,13H2,1-8H3. The van der Waals surface area contributed by atoms with Crippen LogP contribution in [0.2, 0.25) is 0 Å². The molecule has 1 aromatic rings. The van der Waals surface area contributed by atoms with Gasteiger partial charge in [-0.05, 0) is 79.5 Å². The minimum Gasteiger partial charge on any atom is -0.305 e. The molecule has 0 aliphatic rings. The van der Waals surface area contributed by atoms with Crippen LogP contribution in [-0.2, 0) is 33.6 Å². The van der Waals surface area contributed by atoms with Gasteiger partial charge in [-0.3, -0.25) is 14.1 Å². The van der Waals surface area contributed by atoms with E-state index in [2.05, 4.69) is 4.98 Å². The summed E-state index contributed by atoms with van der Waals surface area (Å²) in [7, 11) is -7.75. The Kier molecular flexibility index (Phi) is 10.0. The fourth-order valence-corrected chi connectivity index (χ4v) is 8.55. The summed E-state index contributed by atoms with van der Waals surface area (Å²) < 4.78 is 51.0. The Labute approximate surface area is 169 Å². The summed E-state index contributed by atoms with van der Waals surface area (Å²) in [4.78, 5) is 4.01. The third-order valence-electron chi connectivity index (χ3n) is 3.33. The zero-order valence-corrected chi connectivity index (χ0v) is 20.0. The van der Waals surface area contributed by atoms with Crippen molar-refractivity contribution >= 4 is 15.2 Å². The molecule has 0 saturated heterocycles. The van der Waals surface area contributed by atoms with E-state index < -0.39 is 45.0 Å². The van der Waals surface area contributed by atoms with Crippen molar-refractivity contribution in [2.24, 2.45) is 0 Å². The van der Waals surface area contributed by atoms with Crippen molar-refractivity contribution < 1.29 is 27.2 Å². The molecule has 162 valence electrons. The molecule has 0 N–H and O–H groups in total. The molecule has 0 aromatic carbocycles. The minimum absolute atomic E-state index is 0.149. The van der Waals surface area contributed by atoms with Gasteiger partial charge >= 0.3 is 15.2 Å². The van der Waals surface area contributed by atoms with E-state index in [1.54, 1.807) is 79.9 Å². The van der Waals surface area contributed by atoms with E-state index in [4.69, 9.17) is 18.1 Å². The molecule has 0 spiro atoms. The second kappa shape index (κ2) is 11.0. The van der Waals surface area contributed by atoms with Gasteiger partial charge in [0.05, 0.1) is 24.4 Å². The molecular formula is C19H35NO6P2. The third kappa shape index (κ3) is 8.06. The van der Waals surface area contributed by atoms with Crippen molar-refractivity contribution in [3.05, 3.63) is 30.1 Å². The Morgan fingerprint density at radius 3 is 1.32 bits per heavy atom. The fraction of sp³-hybridized carbons (Fsp3) is 0.737. The lowest BCUT2D eigenvalue weighted by Gasteiger charge is -2.35. The lowest BCUT2D eigenvalue weighted by molar-refractivity contribution is 0.122. The van der Waals surface area contributed by atoms with Crippen molar-refractivity contribution in [3.63, 3.8) is 0 Å². The summed E-state index contributed by atoms with van der Waals surface area (Å²) in [6.07, 6.45) is 1.83. The predicted molar refractivity (Wildman–Crippen MR) is 112 cm³/mol. The van der Waals surface area contributed by atoms with E-state index in [0.717, 1.165) is 5.56 Å². The van der Waals surface area contributed by atoms with Gasteiger partial charge in [0.15, 0.2) is 5.40 Å². The zero-order chi connectivity index (χ0) is 21.5. The first kappa shape index (κ1) is 25.5. The first-order valence-corrected chi connectivity index (χ1v) is 12.9. The number of rotatable bonds is 12. The summed E-state index contributed by atoms with van der Waals surface area (Å²) in [5, 5.41) is -1.10. The van der Waals surface area contributed by atoms with Gasteiger partial charge in [0.1, 0.15) is 0 Å². The molecular weight excluding hydrogens is 400 g/mol. The van der Waals surface area contributed by atoms with E-state index in [9.17, 15) is 9.13 Å². The molecule has 9 heteroatoms. The van der Waals surface area contributed by atoms with Crippen molar-refractivity contribution in [1.82, 2.24) is 4.98 Å². The lowest BCUT2D eigenvalue weighted by Crippen LogP contribution is -2.25. The molecule has 0 atom stereocenters. The molecule has 1 aromatic heterocycles. The maximum Gasteiger partial charge on any atom is 0.346 e. The normalized spacial score (nSPS) is 13.5. The molecule has 0 aliphatic carbocycles. The average Bonchev–Trinajstić information content (AvgIpc) is 2.50. The first-order chi connectivity index (χ1) is 12.9. The summed E-state index contributed by atoms with van der Waals surface area (Å²) in [5.41, 5.74) is 0.792. The van der Waals surface area contributed by atoms with Crippen LogP contribution in [-0.4, -0.2) is 34.8 Å². The highest BCUT2D eigenvalue weighted by molar-refractivity contribution is 7.72. The van der Waals surface area contributed by atoms with Gasteiger partial charge in [-0.1, -0.05) is 0 Å². The SMILES string of the molecule is CC(C)OP(=O)(OC(C)C)C(Cc1ccncc1)P(=O)(OC(C)C)OC(C)C. The summed E-state index contributed by atoms with van der Waals surface area (Å²) >= 11 is 0. The summed E-state index contributed by atoms with van der Waals surface area (Å²) in [6, 6.07) is 3.55. The van der Waals surface area contributed by atoms with Crippen molar-refractivity contribution in [2.75, 3.05) is 0 Å². The van der Waals surface area contributed by atoms with E-state index in [1.165, 1.54) is 0 Å². The first-order valence-electron chi connectivity index (χ1n) is 9.70. The Hall–Kier alpha value is -0.550. The Balaban J connectivity index is 3.53. The maximum atomic E-state index is 14.0. The highest BCUT2D eigenvalue weighted by Crippen LogP contribution is 2.72. The van der Waals surface area contributed by atoms with Gasteiger partial charge in [-0.15, -0.1) is 0 Å². The van der Waals surface area contributed by atoms with Crippen LogP contribution in [0.25, 0.3) is 0 Å². The smallest absolute Gasteiger partial charge is 0.305 e. The molecule has 1 heterocycles. The molecule has 1 rings (SSSR count).